The van der Waals surface area contributed by atoms with E-state index in [4.69, 9.17) is 0 Å². The second-order valence-electron chi connectivity index (χ2n) is 5.99. The predicted molar refractivity (Wildman–Crippen MR) is 99.4 cm³/mol. The van der Waals surface area contributed by atoms with Crippen LogP contribution in [0.15, 0.2) is 72.8 Å². The molecule has 0 aliphatic heterocycles. The van der Waals surface area contributed by atoms with Gasteiger partial charge in [-0.15, -0.1) is 0 Å². The molecule has 2 aromatic carbocycles. The number of benzene rings is 2. The molecule has 0 aliphatic carbocycles. The molecule has 2 aromatic rings. The average Bonchev–Trinajstić information content (AvgIpc) is 2.69. The van der Waals surface area contributed by atoms with Crippen molar-refractivity contribution >= 4 is 12.3 Å². The summed E-state index contributed by atoms with van der Waals surface area (Å²) in [7, 11) is 1.37. The molecule has 0 amide bonds. The van der Waals surface area contributed by atoms with E-state index in [1.165, 1.54) is 13.2 Å². The fraction of sp³-hybridized carbons (Fsp3) is 0.273. The van der Waals surface area contributed by atoms with Crippen LogP contribution in [0.3, 0.4) is 0 Å². The van der Waals surface area contributed by atoms with Gasteiger partial charge >= 0.3 is 5.97 Å². The number of carbonyl (C=O) groups is 2. The number of methoxy groups -OCH3 is 1. The Labute approximate surface area is 149 Å². The third-order valence-corrected chi connectivity index (χ3v) is 4.43. The van der Waals surface area contributed by atoms with Crippen LogP contribution in [0.2, 0.25) is 0 Å². The van der Waals surface area contributed by atoms with E-state index in [2.05, 4.69) is 4.74 Å². The smallest absolute Gasteiger partial charge is 0.330 e. The topological polar surface area (TPSA) is 43.4 Å². The molecule has 0 aliphatic rings. The van der Waals surface area contributed by atoms with Gasteiger partial charge in [-0.25, -0.2) is 4.79 Å². The van der Waals surface area contributed by atoms with E-state index in [1.54, 1.807) is 0 Å². The number of unbranched alkanes of at least 4 members (excludes halogenated alkanes) is 2. The van der Waals surface area contributed by atoms with Crippen LogP contribution in [0.5, 0.6) is 0 Å². The fourth-order valence-corrected chi connectivity index (χ4v) is 3.04. The molecular weight excluding hydrogens is 312 g/mol. The molecule has 0 bridgehead atoms. The summed E-state index contributed by atoms with van der Waals surface area (Å²) in [6, 6.07) is 19.8. The van der Waals surface area contributed by atoms with Gasteiger partial charge in [0.05, 0.1) is 12.5 Å². The summed E-state index contributed by atoms with van der Waals surface area (Å²) in [5.41, 5.74) is 1.40. The number of ether oxygens (including phenoxy) is 1. The Morgan fingerprint density at radius 2 is 1.52 bits per heavy atom. The maximum Gasteiger partial charge on any atom is 0.330 e. The Bertz CT molecular complexity index is 650. The molecule has 0 N–H and O–H groups in total. The van der Waals surface area contributed by atoms with E-state index in [0.29, 0.717) is 0 Å². The molecular formula is C22H24O3. The first-order valence-electron chi connectivity index (χ1n) is 8.55. The van der Waals surface area contributed by atoms with Crippen LogP contribution in [-0.2, 0) is 19.7 Å². The monoisotopic (exact) mass is 336 g/mol. The van der Waals surface area contributed by atoms with Gasteiger partial charge in [0.25, 0.3) is 0 Å². The van der Waals surface area contributed by atoms with Crippen molar-refractivity contribution in [3.63, 3.8) is 0 Å². The molecule has 0 saturated heterocycles. The zero-order valence-electron chi connectivity index (χ0n) is 14.6. The Morgan fingerprint density at radius 3 is 2.00 bits per heavy atom. The van der Waals surface area contributed by atoms with Crippen molar-refractivity contribution in [3.05, 3.63) is 83.9 Å². The predicted octanol–water partition coefficient (Wildman–Crippen LogP) is 4.46. The van der Waals surface area contributed by atoms with Crippen LogP contribution in [0.25, 0.3) is 0 Å². The van der Waals surface area contributed by atoms with Gasteiger partial charge in [0.1, 0.15) is 6.29 Å². The highest BCUT2D eigenvalue weighted by molar-refractivity contribution is 5.81. The number of aldehydes is 1. The summed E-state index contributed by atoms with van der Waals surface area (Å²) in [6.07, 6.45) is 7.64. The highest BCUT2D eigenvalue weighted by atomic mass is 16.5. The lowest BCUT2D eigenvalue weighted by Gasteiger charge is -2.29. The molecule has 0 fully saturated rings. The zero-order valence-corrected chi connectivity index (χ0v) is 14.6. The molecule has 130 valence electrons. The van der Waals surface area contributed by atoms with Crippen molar-refractivity contribution in [2.75, 3.05) is 7.11 Å². The van der Waals surface area contributed by atoms with E-state index in [1.807, 2.05) is 66.7 Å². The van der Waals surface area contributed by atoms with Crippen molar-refractivity contribution in [2.45, 2.75) is 31.1 Å². The Morgan fingerprint density at radius 1 is 0.960 bits per heavy atom. The van der Waals surface area contributed by atoms with Gasteiger partial charge in [-0.2, -0.15) is 0 Å². The van der Waals surface area contributed by atoms with Crippen molar-refractivity contribution < 1.29 is 14.3 Å². The Hall–Kier alpha value is -2.68. The van der Waals surface area contributed by atoms with E-state index in [0.717, 1.165) is 43.1 Å². The second-order valence-corrected chi connectivity index (χ2v) is 5.99. The summed E-state index contributed by atoms with van der Waals surface area (Å²) in [4.78, 5) is 23.3. The van der Waals surface area contributed by atoms with E-state index < -0.39 is 5.41 Å². The summed E-state index contributed by atoms with van der Waals surface area (Å²) >= 11 is 0. The van der Waals surface area contributed by atoms with E-state index >= 15 is 0 Å². The number of allylic oxidation sites excluding steroid dienone is 1. The minimum Gasteiger partial charge on any atom is -0.466 e. The first-order valence-corrected chi connectivity index (χ1v) is 8.55. The molecule has 3 nitrogen and oxygen atoms in total. The molecule has 0 aromatic heterocycles. The SMILES string of the molecule is COC(=O)/C=C/CCCCC(C=O)(c1ccccc1)c1ccccc1. The van der Waals surface area contributed by atoms with Gasteiger partial charge < -0.3 is 9.53 Å². The average molecular weight is 336 g/mol. The van der Waals surface area contributed by atoms with Crippen molar-refractivity contribution in [1.82, 2.24) is 0 Å². The first kappa shape index (κ1) is 18.7. The van der Waals surface area contributed by atoms with Crippen molar-refractivity contribution in [2.24, 2.45) is 0 Å². The van der Waals surface area contributed by atoms with Crippen molar-refractivity contribution in [1.29, 1.82) is 0 Å². The standard InChI is InChI=1S/C22H24O3/c1-25-21(24)16-10-2-3-11-17-22(18-23,19-12-6-4-7-13-19)20-14-8-5-9-15-20/h4-10,12-16,18H,2-3,11,17H2,1H3/b16-10+. The van der Waals surface area contributed by atoms with Crippen LogP contribution in [-0.4, -0.2) is 19.4 Å². The maximum atomic E-state index is 12.2. The molecule has 0 heterocycles. The van der Waals surface area contributed by atoms with Gasteiger partial charge in [-0.1, -0.05) is 73.2 Å². The molecule has 0 atom stereocenters. The lowest BCUT2D eigenvalue weighted by atomic mass is 9.72. The molecule has 0 saturated carbocycles. The van der Waals surface area contributed by atoms with Gasteiger partial charge in [0.15, 0.2) is 0 Å². The lowest BCUT2D eigenvalue weighted by Crippen LogP contribution is -2.29. The molecule has 25 heavy (non-hydrogen) atoms. The normalized spacial score (nSPS) is 11.4. The van der Waals surface area contributed by atoms with Gasteiger partial charge in [0.2, 0.25) is 0 Å². The van der Waals surface area contributed by atoms with Crippen LogP contribution in [0.4, 0.5) is 0 Å². The highest BCUT2D eigenvalue weighted by Gasteiger charge is 2.33. The van der Waals surface area contributed by atoms with Crippen molar-refractivity contribution in [3.8, 4) is 0 Å². The molecule has 0 radical (unpaired) electrons. The third-order valence-electron chi connectivity index (χ3n) is 4.43. The minimum atomic E-state index is -0.630. The van der Waals surface area contributed by atoms with Crippen LogP contribution < -0.4 is 0 Å². The zero-order chi connectivity index (χ0) is 18.0. The van der Waals surface area contributed by atoms with E-state index in [-0.39, 0.29) is 5.97 Å². The number of rotatable bonds is 9. The lowest BCUT2D eigenvalue weighted by molar-refractivity contribution is -0.134. The summed E-state index contributed by atoms with van der Waals surface area (Å²) in [6.45, 7) is 0. The van der Waals surface area contributed by atoms with E-state index in [9.17, 15) is 9.59 Å². The van der Waals surface area contributed by atoms with Gasteiger partial charge in [0, 0.05) is 6.08 Å². The van der Waals surface area contributed by atoms with Crippen LogP contribution in [0, 0.1) is 0 Å². The molecule has 0 spiro atoms. The van der Waals surface area contributed by atoms with Crippen LogP contribution in [0.1, 0.15) is 36.8 Å². The Kier molecular flexibility index (Phi) is 7.15. The maximum absolute atomic E-state index is 12.2. The summed E-state index contributed by atoms with van der Waals surface area (Å²) in [5.74, 6) is -0.337. The molecule has 0 unspecified atom stereocenters. The van der Waals surface area contributed by atoms with Gasteiger partial charge in [-0.3, -0.25) is 0 Å². The fourth-order valence-electron chi connectivity index (χ4n) is 3.04. The second kappa shape index (κ2) is 9.58. The summed E-state index contributed by atoms with van der Waals surface area (Å²) < 4.78 is 4.57. The quantitative estimate of drug-likeness (QED) is 0.294. The largest absolute Gasteiger partial charge is 0.466 e. The number of esters is 1. The first-order chi connectivity index (χ1) is 12.2. The minimum absolute atomic E-state index is 0.337. The molecule has 2 rings (SSSR count). The number of hydrogen-bond acceptors (Lipinski definition) is 3. The van der Waals surface area contributed by atoms with Crippen LogP contribution >= 0.6 is 0 Å². The highest BCUT2D eigenvalue weighted by Crippen LogP contribution is 2.35. The number of carbonyl (C=O) groups excluding carboxylic acids is 2. The number of hydrogen-bond donors (Lipinski definition) is 0. The third kappa shape index (κ3) is 4.90. The Balaban J connectivity index is 2.12. The molecule has 3 heteroatoms. The summed E-state index contributed by atoms with van der Waals surface area (Å²) in [5, 5.41) is 0. The van der Waals surface area contributed by atoms with Gasteiger partial charge in [-0.05, 0) is 30.4 Å².